The smallest absolute Gasteiger partial charge is 0.271 e. The van der Waals surface area contributed by atoms with Gasteiger partial charge in [0.05, 0.1) is 12.0 Å². The number of ether oxygens (including phenoxy) is 1. The summed E-state index contributed by atoms with van der Waals surface area (Å²) in [6, 6.07) is 2.56. The molecule has 132 valence electrons. The third kappa shape index (κ3) is 3.20. The van der Waals surface area contributed by atoms with E-state index in [0.717, 1.165) is 10.4 Å². The van der Waals surface area contributed by atoms with Crippen molar-refractivity contribution in [3.63, 3.8) is 0 Å². The maximum Gasteiger partial charge on any atom is 0.271 e. The van der Waals surface area contributed by atoms with E-state index in [-0.39, 0.29) is 28.8 Å². The number of hydrogen-bond acceptors (Lipinski definition) is 6. The van der Waals surface area contributed by atoms with E-state index in [1.54, 1.807) is 14.1 Å². The Balaban J connectivity index is 2.51. The molecule has 2 rings (SSSR count). The van der Waals surface area contributed by atoms with Crippen LogP contribution in [-0.4, -0.2) is 62.2 Å². The number of amides is 1. The maximum absolute atomic E-state index is 13.0. The van der Waals surface area contributed by atoms with E-state index < -0.39 is 21.0 Å². The average molecular weight is 357 g/mol. The van der Waals surface area contributed by atoms with Crippen LogP contribution < -0.4 is 4.74 Å². The van der Waals surface area contributed by atoms with Crippen LogP contribution in [0.5, 0.6) is 5.75 Å². The Hall–Kier alpha value is -2.20. The minimum absolute atomic E-state index is 0.00329. The lowest BCUT2D eigenvalue weighted by molar-refractivity contribution is -0.385. The van der Waals surface area contributed by atoms with Crippen LogP contribution in [0.3, 0.4) is 0 Å². The summed E-state index contributed by atoms with van der Waals surface area (Å²) in [6.07, 6.45) is 0.953. The molecule has 1 aromatic carbocycles. The highest BCUT2D eigenvalue weighted by atomic mass is 32.2. The van der Waals surface area contributed by atoms with E-state index in [0.29, 0.717) is 12.8 Å². The molecule has 0 aromatic heterocycles. The summed E-state index contributed by atoms with van der Waals surface area (Å²) in [5, 5.41) is 11.0. The van der Waals surface area contributed by atoms with Crippen molar-refractivity contribution in [2.45, 2.75) is 23.8 Å². The minimum atomic E-state index is -4.11. The first-order valence-electron chi connectivity index (χ1n) is 7.25. The number of hydrogen-bond donors (Lipinski definition) is 0. The zero-order chi connectivity index (χ0) is 18.1. The summed E-state index contributed by atoms with van der Waals surface area (Å²) in [6.45, 7) is 0.179. The molecule has 1 saturated heterocycles. The highest BCUT2D eigenvalue weighted by Gasteiger charge is 2.41. The Morgan fingerprint density at radius 3 is 2.62 bits per heavy atom. The molecule has 1 fully saturated rings. The van der Waals surface area contributed by atoms with Crippen molar-refractivity contribution in [1.29, 1.82) is 0 Å². The largest absolute Gasteiger partial charge is 0.495 e. The number of nitrogens with zero attached hydrogens (tertiary/aromatic N) is 3. The molecule has 1 heterocycles. The molecule has 1 aromatic rings. The second-order valence-corrected chi connectivity index (χ2v) is 7.46. The quantitative estimate of drug-likeness (QED) is 0.570. The lowest BCUT2D eigenvalue weighted by atomic mass is 10.2. The van der Waals surface area contributed by atoms with Crippen LogP contribution in [0.2, 0.25) is 0 Å². The van der Waals surface area contributed by atoms with Crippen molar-refractivity contribution < 1.29 is 22.9 Å². The van der Waals surface area contributed by atoms with Crippen LogP contribution in [0.1, 0.15) is 12.8 Å². The van der Waals surface area contributed by atoms with Crippen LogP contribution >= 0.6 is 0 Å². The zero-order valence-electron chi connectivity index (χ0n) is 13.6. The highest BCUT2D eigenvalue weighted by Crippen LogP contribution is 2.34. The standard InChI is InChI=1S/C14H19N3O6S/c1-15(2)14(18)11-5-4-8-16(11)24(21,22)13-9-10(17(19)20)6-7-12(13)23-3/h6-7,9,11H,4-5,8H2,1-3H3. The van der Waals surface area contributed by atoms with E-state index in [9.17, 15) is 23.3 Å². The molecular weight excluding hydrogens is 338 g/mol. The first-order valence-corrected chi connectivity index (χ1v) is 8.69. The zero-order valence-corrected chi connectivity index (χ0v) is 14.4. The fourth-order valence-electron chi connectivity index (χ4n) is 2.68. The topological polar surface area (TPSA) is 110 Å². The van der Waals surface area contributed by atoms with Gasteiger partial charge < -0.3 is 9.64 Å². The molecule has 1 unspecified atom stereocenters. The van der Waals surface area contributed by atoms with Gasteiger partial charge in [0.25, 0.3) is 5.69 Å². The Morgan fingerprint density at radius 1 is 1.42 bits per heavy atom. The first kappa shape index (κ1) is 18.1. The molecule has 0 spiro atoms. The number of sulfonamides is 1. The predicted molar refractivity (Wildman–Crippen MR) is 85.3 cm³/mol. The molecule has 1 aliphatic heterocycles. The number of carbonyl (C=O) groups is 1. The van der Waals surface area contributed by atoms with Gasteiger partial charge in [-0.3, -0.25) is 14.9 Å². The number of non-ortho nitro benzene ring substituents is 1. The second kappa shape index (κ2) is 6.73. The Morgan fingerprint density at radius 2 is 2.08 bits per heavy atom. The molecule has 24 heavy (non-hydrogen) atoms. The highest BCUT2D eigenvalue weighted by molar-refractivity contribution is 7.89. The van der Waals surface area contributed by atoms with Crippen LogP contribution in [0.4, 0.5) is 5.69 Å². The summed E-state index contributed by atoms with van der Waals surface area (Å²) < 4.78 is 32.1. The first-order chi connectivity index (χ1) is 11.2. The van der Waals surface area contributed by atoms with Crippen molar-refractivity contribution in [3.8, 4) is 5.75 Å². The van der Waals surface area contributed by atoms with E-state index >= 15 is 0 Å². The number of rotatable bonds is 5. The van der Waals surface area contributed by atoms with Gasteiger partial charge in [0.2, 0.25) is 15.9 Å². The van der Waals surface area contributed by atoms with Gasteiger partial charge in [-0.05, 0) is 18.9 Å². The molecule has 0 bridgehead atoms. The normalized spacial score (nSPS) is 18.4. The lowest BCUT2D eigenvalue weighted by Crippen LogP contribution is -2.45. The fourth-order valence-corrected chi connectivity index (χ4v) is 4.51. The van der Waals surface area contributed by atoms with Gasteiger partial charge >= 0.3 is 0 Å². The molecule has 0 aliphatic carbocycles. The van der Waals surface area contributed by atoms with Gasteiger partial charge in [0.1, 0.15) is 16.7 Å². The molecule has 9 nitrogen and oxygen atoms in total. The molecule has 10 heteroatoms. The Kier molecular flexibility index (Phi) is 5.09. The summed E-state index contributed by atoms with van der Waals surface area (Å²) >= 11 is 0. The number of nitro groups is 1. The molecule has 1 amide bonds. The van der Waals surface area contributed by atoms with E-state index in [4.69, 9.17) is 4.74 Å². The maximum atomic E-state index is 13.0. The Bertz CT molecular complexity index is 762. The lowest BCUT2D eigenvalue weighted by Gasteiger charge is -2.26. The second-order valence-electron chi connectivity index (χ2n) is 5.60. The molecule has 0 N–H and O–H groups in total. The van der Waals surface area contributed by atoms with Crippen molar-refractivity contribution >= 4 is 21.6 Å². The van der Waals surface area contributed by atoms with Crippen LogP contribution in [0, 0.1) is 10.1 Å². The number of benzene rings is 1. The fraction of sp³-hybridized carbons (Fsp3) is 0.500. The monoisotopic (exact) mass is 357 g/mol. The van der Waals surface area contributed by atoms with Crippen molar-refractivity contribution in [2.75, 3.05) is 27.7 Å². The Labute approximate surface area is 140 Å². The predicted octanol–water partition coefficient (Wildman–Crippen LogP) is 0.845. The van der Waals surface area contributed by atoms with Gasteiger partial charge in [-0.2, -0.15) is 4.31 Å². The minimum Gasteiger partial charge on any atom is -0.495 e. The van der Waals surface area contributed by atoms with E-state index in [1.165, 1.54) is 24.1 Å². The van der Waals surface area contributed by atoms with Crippen molar-refractivity contribution in [1.82, 2.24) is 9.21 Å². The van der Waals surface area contributed by atoms with Crippen LogP contribution in [0.25, 0.3) is 0 Å². The summed E-state index contributed by atoms with van der Waals surface area (Å²) in [5.74, 6) is -0.316. The average Bonchev–Trinajstić information content (AvgIpc) is 3.03. The third-order valence-electron chi connectivity index (χ3n) is 3.87. The number of methoxy groups -OCH3 is 1. The molecule has 1 aliphatic rings. The molecule has 0 saturated carbocycles. The molecular formula is C14H19N3O6S. The number of likely N-dealkylation sites (N-methyl/N-ethyl adjacent to an activating group) is 1. The van der Waals surface area contributed by atoms with Gasteiger partial charge in [0.15, 0.2) is 0 Å². The van der Waals surface area contributed by atoms with Crippen LogP contribution in [0.15, 0.2) is 23.1 Å². The van der Waals surface area contributed by atoms with Gasteiger partial charge in [-0.1, -0.05) is 0 Å². The van der Waals surface area contributed by atoms with Crippen LogP contribution in [-0.2, 0) is 14.8 Å². The van der Waals surface area contributed by atoms with E-state index in [1.807, 2.05) is 0 Å². The summed E-state index contributed by atoms with van der Waals surface area (Å²) in [5.41, 5.74) is -0.357. The molecule has 1 atom stereocenters. The summed E-state index contributed by atoms with van der Waals surface area (Å²) in [7, 11) is 0.285. The van der Waals surface area contributed by atoms with Gasteiger partial charge in [-0.15, -0.1) is 0 Å². The third-order valence-corrected chi connectivity index (χ3v) is 5.80. The number of carbonyl (C=O) groups excluding carboxylic acids is 1. The summed E-state index contributed by atoms with van der Waals surface area (Å²) in [4.78, 5) is 23.6. The van der Waals surface area contributed by atoms with E-state index in [2.05, 4.69) is 0 Å². The molecule has 0 radical (unpaired) electrons. The van der Waals surface area contributed by atoms with Crippen molar-refractivity contribution in [3.05, 3.63) is 28.3 Å². The van der Waals surface area contributed by atoms with Gasteiger partial charge in [-0.25, -0.2) is 8.42 Å². The van der Waals surface area contributed by atoms with Gasteiger partial charge in [0, 0.05) is 32.8 Å². The SMILES string of the molecule is COc1ccc([N+](=O)[O-])cc1S(=O)(=O)N1CCCC1C(=O)N(C)C. The number of nitro benzene ring substituents is 1. The van der Waals surface area contributed by atoms with Crippen molar-refractivity contribution in [2.24, 2.45) is 0 Å².